The van der Waals surface area contributed by atoms with Gasteiger partial charge in [-0.2, -0.15) is 0 Å². The Labute approximate surface area is 144 Å². The molecule has 3 rings (SSSR count). The number of amides is 1. The molecule has 2 aliphatic heterocycles. The van der Waals surface area contributed by atoms with Crippen LogP contribution in [0.3, 0.4) is 0 Å². The number of nitrogens with one attached hydrogen (secondary N) is 2. The third kappa shape index (κ3) is 4.95. The quantitative estimate of drug-likeness (QED) is 0.841. The number of anilines is 1. The molecule has 0 spiro atoms. The van der Waals surface area contributed by atoms with Gasteiger partial charge < -0.3 is 20.1 Å². The molecule has 0 radical (unpaired) electrons. The van der Waals surface area contributed by atoms with Crippen molar-refractivity contribution >= 4 is 11.6 Å². The van der Waals surface area contributed by atoms with E-state index in [0.717, 1.165) is 62.4 Å². The lowest BCUT2D eigenvalue weighted by atomic mass is 10.0. The van der Waals surface area contributed by atoms with Crippen molar-refractivity contribution in [3.63, 3.8) is 0 Å². The summed E-state index contributed by atoms with van der Waals surface area (Å²) in [5.74, 6) is 1.48. The van der Waals surface area contributed by atoms with Crippen LogP contribution >= 0.6 is 0 Å². The van der Waals surface area contributed by atoms with Crippen molar-refractivity contribution in [2.24, 2.45) is 5.92 Å². The predicted molar refractivity (Wildman–Crippen MR) is 94.5 cm³/mol. The van der Waals surface area contributed by atoms with Crippen LogP contribution in [0.15, 0.2) is 18.2 Å². The molecule has 0 bridgehead atoms. The van der Waals surface area contributed by atoms with Crippen molar-refractivity contribution < 1.29 is 14.3 Å². The largest absolute Gasteiger partial charge is 0.493 e. The fraction of sp³-hybridized carbons (Fsp3) is 0.632. The van der Waals surface area contributed by atoms with Gasteiger partial charge in [0.2, 0.25) is 5.91 Å². The first-order chi connectivity index (χ1) is 11.7. The minimum absolute atomic E-state index is 0.0635. The summed E-state index contributed by atoms with van der Waals surface area (Å²) in [6, 6.07) is 6.20. The Morgan fingerprint density at radius 2 is 2.17 bits per heavy atom. The van der Waals surface area contributed by atoms with Crippen LogP contribution in [-0.2, 0) is 9.53 Å². The van der Waals surface area contributed by atoms with E-state index in [1.807, 2.05) is 25.1 Å². The van der Waals surface area contributed by atoms with Gasteiger partial charge >= 0.3 is 0 Å². The number of hydrogen-bond donors (Lipinski definition) is 2. The van der Waals surface area contributed by atoms with Gasteiger partial charge in [0.1, 0.15) is 5.75 Å². The lowest BCUT2D eigenvalue weighted by Crippen LogP contribution is -2.27. The molecule has 0 aliphatic carbocycles. The van der Waals surface area contributed by atoms with E-state index in [9.17, 15) is 4.79 Å². The van der Waals surface area contributed by atoms with E-state index in [4.69, 9.17) is 9.47 Å². The Morgan fingerprint density at radius 3 is 2.92 bits per heavy atom. The predicted octanol–water partition coefficient (Wildman–Crippen LogP) is 2.88. The summed E-state index contributed by atoms with van der Waals surface area (Å²) >= 11 is 0. The molecule has 1 amide bonds. The van der Waals surface area contributed by atoms with Crippen LogP contribution < -0.4 is 15.4 Å². The molecule has 1 unspecified atom stereocenters. The van der Waals surface area contributed by atoms with Crippen LogP contribution in [0.1, 0.15) is 37.7 Å². The normalized spacial score (nSPS) is 21.6. The van der Waals surface area contributed by atoms with E-state index >= 15 is 0 Å². The molecule has 2 fully saturated rings. The smallest absolute Gasteiger partial charge is 0.225 e. The molecule has 2 saturated heterocycles. The first-order valence-electron chi connectivity index (χ1n) is 9.05. The minimum Gasteiger partial charge on any atom is -0.493 e. The van der Waals surface area contributed by atoms with Crippen molar-refractivity contribution in [2.75, 3.05) is 31.7 Å². The monoisotopic (exact) mass is 332 g/mol. The summed E-state index contributed by atoms with van der Waals surface area (Å²) in [6.07, 6.45) is 4.90. The molecule has 2 heterocycles. The van der Waals surface area contributed by atoms with Crippen molar-refractivity contribution in [3.05, 3.63) is 23.8 Å². The van der Waals surface area contributed by atoms with Gasteiger partial charge in [0.05, 0.1) is 6.61 Å². The first-order valence-corrected chi connectivity index (χ1v) is 9.05. The van der Waals surface area contributed by atoms with Gasteiger partial charge in [0, 0.05) is 37.4 Å². The third-order valence-electron chi connectivity index (χ3n) is 4.88. The summed E-state index contributed by atoms with van der Waals surface area (Å²) in [5, 5.41) is 6.35. The number of aryl methyl sites for hydroxylation is 1. The van der Waals surface area contributed by atoms with Gasteiger partial charge in [-0.15, -0.1) is 0 Å². The third-order valence-corrected chi connectivity index (χ3v) is 4.88. The number of carbonyl (C=O) groups is 1. The number of ether oxygens (including phenoxy) is 2. The van der Waals surface area contributed by atoms with Gasteiger partial charge in [-0.1, -0.05) is 6.07 Å². The Bertz CT molecular complexity index is 550. The zero-order valence-electron chi connectivity index (χ0n) is 14.5. The van der Waals surface area contributed by atoms with E-state index in [-0.39, 0.29) is 5.91 Å². The standard InChI is InChI=1S/C19H28N2O3/c1-14-4-5-17(21-19(22)12-16-3-2-8-20-16)11-18(14)24-13-15-6-9-23-10-7-15/h4-5,11,15-16,20H,2-3,6-10,12-13H2,1H3,(H,21,22). The highest BCUT2D eigenvalue weighted by atomic mass is 16.5. The maximum atomic E-state index is 12.2. The number of carbonyl (C=O) groups excluding carboxylic acids is 1. The topological polar surface area (TPSA) is 59.6 Å². The molecule has 1 aromatic carbocycles. The fourth-order valence-corrected chi connectivity index (χ4v) is 3.32. The first kappa shape index (κ1) is 17.2. The van der Waals surface area contributed by atoms with Gasteiger partial charge in [-0.3, -0.25) is 4.79 Å². The molecular formula is C19H28N2O3. The Balaban J connectivity index is 1.53. The number of hydrogen-bond acceptors (Lipinski definition) is 4. The van der Waals surface area contributed by atoms with E-state index in [2.05, 4.69) is 10.6 Å². The van der Waals surface area contributed by atoms with Crippen molar-refractivity contribution in [2.45, 2.75) is 45.1 Å². The molecule has 5 heteroatoms. The van der Waals surface area contributed by atoms with Gasteiger partial charge in [0.15, 0.2) is 0 Å². The lowest BCUT2D eigenvalue weighted by Gasteiger charge is -2.22. The molecule has 1 atom stereocenters. The highest BCUT2D eigenvalue weighted by molar-refractivity contribution is 5.91. The Hall–Kier alpha value is -1.59. The molecule has 1 aromatic rings. The van der Waals surface area contributed by atoms with E-state index in [1.54, 1.807) is 0 Å². The van der Waals surface area contributed by atoms with Crippen LogP contribution in [0.5, 0.6) is 5.75 Å². The van der Waals surface area contributed by atoms with Gasteiger partial charge in [0.25, 0.3) is 0 Å². The Morgan fingerprint density at radius 1 is 1.33 bits per heavy atom. The van der Waals surface area contributed by atoms with Crippen molar-refractivity contribution in [3.8, 4) is 5.75 Å². The van der Waals surface area contributed by atoms with Gasteiger partial charge in [-0.25, -0.2) is 0 Å². The molecule has 2 aliphatic rings. The molecule has 5 nitrogen and oxygen atoms in total. The van der Waals surface area contributed by atoms with E-state index in [0.29, 0.717) is 25.0 Å². The summed E-state index contributed by atoms with van der Waals surface area (Å²) < 4.78 is 11.4. The molecule has 132 valence electrons. The second-order valence-corrected chi connectivity index (χ2v) is 6.89. The SMILES string of the molecule is Cc1ccc(NC(=O)CC2CCCN2)cc1OCC1CCOCC1. The summed E-state index contributed by atoms with van der Waals surface area (Å²) in [6.45, 7) is 5.43. The second kappa shape index (κ2) is 8.49. The zero-order valence-corrected chi connectivity index (χ0v) is 14.5. The summed E-state index contributed by atoms with van der Waals surface area (Å²) in [5.41, 5.74) is 1.91. The van der Waals surface area contributed by atoms with Crippen LogP contribution in [0.2, 0.25) is 0 Å². The van der Waals surface area contributed by atoms with Crippen molar-refractivity contribution in [1.82, 2.24) is 5.32 Å². The minimum atomic E-state index is 0.0635. The summed E-state index contributed by atoms with van der Waals surface area (Å²) in [4.78, 5) is 12.2. The van der Waals surface area contributed by atoms with Crippen molar-refractivity contribution in [1.29, 1.82) is 0 Å². The average molecular weight is 332 g/mol. The fourth-order valence-electron chi connectivity index (χ4n) is 3.32. The zero-order chi connectivity index (χ0) is 16.8. The maximum Gasteiger partial charge on any atom is 0.225 e. The average Bonchev–Trinajstić information content (AvgIpc) is 3.09. The molecule has 0 aromatic heterocycles. The number of rotatable bonds is 6. The van der Waals surface area contributed by atoms with Crippen LogP contribution in [0, 0.1) is 12.8 Å². The van der Waals surface area contributed by atoms with E-state index < -0.39 is 0 Å². The van der Waals surface area contributed by atoms with Gasteiger partial charge in [-0.05, 0) is 56.7 Å². The lowest BCUT2D eigenvalue weighted by molar-refractivity contribution is -0.116. The molecular weight excluding hydrogens is 304 g/mol. The maximum absolute atomic E-state index is 12.2. The highest BCUT2D eigenvalue weighted by Crippen LogP contribution is 2.25. The van der Waals surface area contributed by atoms with E-state index in [1.165, 1.54) is 0 Å². The van der Waals surface area contributed by atoms with Crippen LogP contribution in [0.25, 0.3) is 0 Å². The Kier molecular flexibility index (Phi) is 6.10. The van der Waals surface area contributed by atoms with Crippen LogP contribution in [-0.4, -0.2) is 38.3 Å². The molecule has 2 N–H and O–H groups in total. The molecule has 0 saturated carbocycles. The molecule has 24 heavy (non-hydrogen) atoms. The summed E-state index contributed by atoms with van der Waals surface area (Å²) in [7, 11) is 0. The second-order valence-electron chi connectivity index (χ2n) is 6.89. The number of benzene rings is 1. The highest BCUT2D eigenvalue weighted by Gasteiger charge is 2.18. The van der Waals surface area contributed by atoms with Crippen LogP contribution in [0.4, 0.5) is 5.69 Å².